The summed E-state index contributed by atoms with van der Waals surface area (Å²) in [5.41, 5.74) is 5.14. The Balaban J connectivity index is 3.05. The SMILES string of the molecule is Cc1ccc(C)c(C(S)C(=O)NN)c1. The van der Waals surface area contributed by atoms with Crippen molar-refractivity contribution < 1.29 is 4.79 Å². The Hall–Kier alpha value is -1.00. The molecule has 14 heavy (non-hydrogen) atoms. The average molecular weight is 210 g/mol. The van der Waals surface area contributed by atoms with Crippen LogP contribution in [-0.2, 0) is 4.79 Å². The van der Waals surface area contributed by atoms with Crippen molar-refractivity contribution in [3.05, 3.63) is 34.9 Å². The van der Waals surface area contributed by atoms with E-state index in [0.717, 1.165) is 16.7 Å². The molecule has 0 spiro atoms. The lowest BCUT2D eigenvalue weighted by atomic mass is 10.0. The minimum Gasteiger partial charge on any atom is -0.293 e. The first-order chi connectivity index (χ1) is 6.56. The molecule has 0 fully saturated rings. The first-order valence-electron chi connectivity index (χ1n) is 4.32. The molecule has 1 amide bonds. The highest BCUT2D eigenvalue weighted by Crippen LogP contribution is 2.24. The summed E-state index contributed by atoms with van der Waals surface area (Å²) in [6.07, 6.45) is 0. The molecule has 76 valence electrons. The van der Waals surface area contributed by atoms with E-state index in [1.807, 2.05) is 32.0 Å². The number of nitrogens with one attached hydrogen (secondary N) is 1. The average Bonchev–Trinajstić information content (AvgIpc) is 2.19. The predicted octanol–water partition coefficient (Wildman–Crippen LogP) is 1.26. The first-order valence-corrected chi connectivity index (χ1v) is 4.83. The van der Waals surface area contributed by atoms with Gasteiger partial charge in [-0.05, 0) is 25.0 Å². The van der Waals surface area contributed by atoms with Gasteiger partial charge in [-0.1, -0.05) is 23.8 Å². The monoisotopic (exact) mass is 210 g/mol. The molecule has 0 aliphatic carbocycles. The topological polar surface area (TPSA) is 55.1 Å². The molecule has 0 saturated heterocycles. The van der Waals surface area contributed by atoms with Crippen molar-refractivity contribution in [3.63, 3.8) is 0 Å². The fourth-order valence-corrected chi connectivity index (χ4v) is 1.63. The highest BCUT2D eigenvalue weighted by atomic mass is 32.1. The Morgan fingerprint density at radius 1 is 1.50 bits per heavy atom. The molecule has 0 saturated carbocycles. The van der Waals surface area contributed by atoms with Crippen LogP contribution in [0, 0.1) is 13.8 Å². The van der Waals surface area contributed by atoms with E-state index >= 15 is 0 Å². The maximum Gasteiger partial charge on any atom is 0.251 e. The minimum absolute atomic E-state index is 0.290. The van der Waals surface area contributed by atoms with E-state index in [-0.39, 0.29) is 5.91 Å². The zero-order valence-corrected chi connectivity index (χ0v) is 9.14. The highest BCUT2D eigenvalue weighted by molar-refractivity contribution is 7.81. The third-order valence-electron chi connectivity index (χ3n) is 2.12. The van der Waals surface area contributed by atoms with Crippen LogP contribution in [0.25, 0.3) is 0 Å². The fraction of sp³-hybridized carbons (Fsp3) is 0.300. The number of carbonyl (C=O) groups excluding carboxylic acids is 1. The molecule has 1 aromatic carbocycles. The van der Waals surface area contributed by atoms with Gasteiger partial charge in [-0.15, -0.1) is 0 Å². The number of rotatable bonds is 2. The Bertz CT molecular complexity index is 352. The lowest BCUT2D eigenvalue weighted by Crippen LogP contribution is -2.33. The summed E-state index contributed by atoms with van der Waals surface area (Å²) < 4.78 is 0. The van der Waals surface area contributed by atoms with Crippen LogP contribution in [0.4, 0.5) is 0 Å². The summed E-state index contributed by atoms with van der Waals surface area (Å²) in [5, 5.41) is -0.500. The number of hydrogen-bond acceptors (Lipinski definition) is 3. The van der Waals surface area contributed by atoms with Gasteiger partial charge in [-0.3, -0.25) is 10.2 Å². The molecule has 3 N–H and O–H groups in total. The van der Waals surface area contributed by atoms with E-state index in [4.69, 9.17) is 5.84 Å². The smallest absolute Gasteiger partial charge is 0.251 e. The normalized spacial score (nSPS) is 12.3. The second kappa shape index (κ2) is 4.48. The maximum absolute atomic E-state index is 11.3. The van der Waals surface area contributed by atoms with Crippen molar-refractivity contribution in [1.82, 2.24) is 5.43 Å². The maximum atomic E-state index is 11.3. The molecule has 0 heterocycles. The van der Waals surface area contributed by atoms with Crippen LogP contribution >= 0.6 is 12.6 Å². The number of hydrazine groups is 1. The minimum atomic E-state index is -0.500. The number of carbonyl (C=O) groups is 1. The zero-order chi connectivity index (χ0) is 10.7. The van der Waals surface area contributed by atoms with Gasteiger partial charge in [0.15, 0.2) is 0 Å². The number of nitrogens with two attached hydrogens (primary N) is 1. The van der Waals surface area contributed by atoms with Crippen molar-refractivity contribution in [2.75, 3.05) is 0 Å². The van der Waals surface area contributed by atoms with Gasteiger partial charge >= 0.3 is 0 Å². The molecule has 3 nitrogen and oxygen atoms in total. The number of hydrogen-bond donors (Lipinski definition) is 3. The molecule has 0 aliphatic rings. The molecular weight excluding hydrogens is 196 g/mol. The molecule has 1 unspecified atom stereocenters. The predicted molar refractivity (Wildman–Crippen MR) is 60.0 cm³/mol. The number of amides is 1. The van der Waals surface area contributed by atoms with Crippen molar-refractivity contribution in [3.8, 4) is 0 Å². The van der Waals surface area contributed by atoms with Crippen LogP contribution in [0.3, 0.4) is 0 Å². The molecule has 1 rings (SSSR count). The van der Waals surface area contributed by atoms with E-state index in [2.05, 4.69) is 18.1 Å². The molecular formula is C10H14N2OS. The standard InChI is InChI=1S/C10H14N2OS/c1-6-3-4-7(2)8(5-6)9(14)10(13)12-11/h3-5,9,14H,11H2,1-2H3,(H,12,13). The Labute approximate surface area is 89.1 Å². The fourth-order valence-electron chi connectivity index (χ4n) is 1.27. The first kappa shape index (κ1) is 11.1. The van der Waals surface area contributed by atoms with E-state index in [0.29, 0.717) is 0 Å². The van der Waals surface area contributed by atoms with E-state index < -0.39 is 5.25 Å². The van der Waals surface area contributed by atoms with Crippen LogP contribution < -0.4 is 11.3 Å². The quantitative estimate of drug-likeness (QED) is 0.298. The Kier molecular flexibility index (Phi) is 3.55. The van der Waals surface area contributed by atoms with Gasteiger partial charge in [0.25, 0.3) is 5.91 Å². The summed E-state index contributed by atoms with van der Waals surface area (Å²) in [4.78, 5) is 11.3. The lowest BCUT2D eigenvalue weighted by molar-refractivity contribution is -0.120. The second-order valence-corrected chi connectivity index (χ2v) is 3.79. The van der Waals surface area contributed by atoms with Crippen molar-refractivity contribution in [2.45, 2.75) is 19.1 Å². The largest absolute Gasteiger partial charge is 0.293 e. The summed E-state index contributed by atoms with van der Waals surface area (Å²) in [6, 6.07) is 5.92. The molecule has 4 heteroatoms. The van der Waals surface area contributed by atoms with E-state index in [1.54, 1.807) is 0 Å². The highest BCUT2D eigenvalue weighted by Gasteiger charge is 2.16. The van der Waals surface area contributed by atoms with Crippen LogP contribution in [0.2, 0.25) is 0 Å². The summed E-state index contributed by atoms with van der Waals surface area (Å²) in [6.45, 7) is 3.92. The second-order valence-electron chi connectivity index (χ2n) is 3.27. The van der Waals surface area contributed by atoms with Gasteiger partial charge in [0.2, 0.25) is 0 Å². The van der Waals surface area contributed by atoms with Gasteiger partial charge in [0, 0.05) is 0 Å². The number of aryl methyl sites for hydroxylation is 2. The van der Waals surface area contributed by atoms with Gasteiger partial charge < -0.3 is 0 Å². The molecule has 0 radical (unpaired) electrons. The Morgan fingerprint density at radius 2 is 2.14 bits per heavy atom. The molecule has 0 aliphatic heterocycles. The van der Waals surface area contributed by atoms with Gasteiger partial charge in [-0.2, -0.15) is 12.6 Å². The van der Waals surface area contributed by atoms with Crippen molar-refractivity contribution in [1.29, 1.82) is 0 Å². The third kappa shape index (κ3) is 2.27. The summed E-state index contributed by atoms with van der Waals surface area (Å²) in [7, 11) is 0. The zero-order valence-electron chi connectivity index (χ0n) is 8.24. The third-order valence-corrected chi connectivity index (χ3v) is 2.63. The number of thiol groups is 1. The van der Waals surface area contributed by atoms with E-state index in [9.17, 15) is 4.79 Å². The van der Waals surface area contributed by atoms with Gasteiger partial charge in [0.05, 0.1) is 0 Å². The molecule has 0 bridgehead atoms. The molecule has 0 aromatic heterocycles. The Morgan fingerprint density at radius 3 is 2.71 bits per heavy atom. The van der Waals surface area contributed by atoms with Crippen LogP contribution in [0.5, 0.6) is 0 Å². The van der Waals surface area contributed by atoms with Gasteiger partial charge in [0.1, 0.15) is 5.25 Å². The van der Waals surface area contributed by atoms with Crippen molar-refractivity contribution in [2.24, 2.45) is 5.84 Å². The van der Waals surface area contributed by atoms with Crippen LogP contribution in [0.1, 0.15) is 21.9 Å². The lowest BCUT2D eigenvalue weighted by Gasteiger charge is -2.12. The molecule has 1 aromatic rings. The summed E-state index contributed by atoms with van der Waals surface area (Å²) >= 11 is 4.22. The van der Waals surface area contributed by atoms with Gasteiger partial charge in [-0.25, -0.2) is 5.84 Å². The van der Waals surface area contributed by atoms with Crippen molar-refractivity contribution >= 4 is 18.5 Å². The molecule has 1 atom stereocenters. The summed E-state index contributed by atoms with van der Waals surface area (Å²) in [5.74, 6) is 4.76. The number of benzene rings is 1. The van der Waals surface area contributed by atoms with Crippen LogP contribution in [-0.4, -0.2) is 5.91 Å². The van der Waals surface area contributed by atoms with Crippen LogP contribution in [0.15, 0.2) is 18.2 Å². The van der Waals surface area contributed by atoms with E-state index in [1.165, 1.54) is 0 Å².